The molecule has 0 atom stereocenters. The Bertz CT molecular complexity index is 568. The predicted molar refractivity (Wildman–Crippen MR) is 85.7 cm³/mol. The van der Waals surface area contributed by atoms with E-state index in [1.165, 1.54) is 0 Å². The molecule has 1 aromatic carbocycles. The number of furan rings is 1. The molecule has 0 bridgehead atoms. The van der Waals surface area contributed by atoms with Gasteiger partial charge < -0.3 is 19.2 Å². The van der Waals surface area contributed by atoms with Gasteiger partial charge in [0.25, 0.3) is 0 Å². The van der Waals surface area contributed by atoms with Crippen molar-refractivity contribution in [1.82, 2.24) is 5.32 Å². The summed E-state index contributed by atoms with van der Waals surface area (Å²) < 4.78 is 17.5. The topological polar surface area (TPSA) is 43.6 Å². The molecule has 1 N–H and O–H groups in total. The van der Waals surface area contributed by atoms with Gasteiger partial charge in [0, 0.05) is 0 Å². The van der Waals surface area contributed by atoms with Gasteiger partial charge in [-0.3, -0.25) is 0 Å². The second kappa shape index (κ2) is 8.10. The first-order chi connectivity index (χ1) is 10.2. The van der Waals surface area contributed by atoms with E-state index in [1.54, 1.807) is 7.11 Å². The number of methoxy groups -OCH3 is 1. The summed E-state index contributed by atoms with van der Waals surface area (Å²) in [7, 11) is 1.64. The van der Waals surface area contributed by atoms with Gasteiger partial charge in [0.15, 0.2) is 0 Å². The molecule has 0 aliphatic carbocycles. The van der Waals surface area contributed by atoms with E-state index in [4.69, 9.17) is 13.9 Å². The number of halogens is 1. The molecular weight excluding hydrogens is 334 g/mol. The van der Waals surface area contributed by atoms with Crippen molar-refractivity contribution in [2.45, 2.75) is 26.5 Å². The van der Waals surface area contributed by atoms with E-state index < -0.39 is 0 Å². The maximum Gasteiger partial charge on any atom is 0.146 e. The minimum absolute atomic E-state index is 0.401. The molecular formula is C16H20BrNO3. The van der Waals surface area contributed by atoms with Crippen LogP contribution >= 0.6 is 15.9 Å². The molecule has 114 valence electrons. The van der Waals surface area contributed by atoms with Gasteiger partial charge in [-0.15, -0.1) is 0 Å². The number of hydrogen-bond acceptors (Lipinski definition) is 4. The summed E-state index contributed by atoms with van der Waals surface area (Å²) in [5.41, 5.74) is 0. The molecule has 1 aromatic heterocycles. The Morgan fingerprint density at radius 2 is 2.00 bits per heavy atom. The van der Waals surface area contributed by atoms with Crippen LogP contribution in [0.25, 0.3) is 0 Å². The average molecular weight is 354 g/mol. The molecule has 21 heavy (non-hydrogen) atoms. The highest BCUT2D eigenvalue weighted by Crippen LogP contribution is 2.29. The monoisotopic (exact) mass is 353 g/mol. The first kappa shape index (κ1) is 15.9. The molecule has 0 spiro atoms. The molecule has 0 aliphatic heterocycles. The molecule has 0 unspecified atom stereocenters. The van der Waals surface area contributed by atoms with Gasteiger partial charge in [-0.25, -0.2) is 0 Å². The normalized spacial score (nSPS) is 10.6. The van der Waals surface area contributed by atoms with Crippen molar-refractivity contribution < 1.29 is 13.9 Å². The van der Waals surface area contributed by atoms with Crippen molar-refractivity contribution in [3.8, 4) is 11.5 Å². The standard InChI is InChI=1S/C16H20BrNO3/c1-3-8-18-10-13-4-5-14(21-13)11-20-16-7-6-12(19-2)9-15(16)17/h4-7,9,18H,3,8,10-11H2,1-2H3. The fourth-order valence-electron chi connectivity index (χ4n) is 1.86. The first-order valence-electron chi connectivity index (χ1n) is 6.97. The van der Waals surface area contributed by atoms with E-state index in [9.17, 15) is 0 Å². The third-order valence-corrected chi connectivity index (χ3v) is 3.57. The van der Waals surface area contributed by atoms with Crippen molar-refractivity contribution in [1.29, 1.82) is 0 Å². The van der Waals surface area contributed by atoms with Crippen molar-refractivity contribution in [3.05, 3.63) is 46.3 Å². The van der Waals surface area contributed by atoms with Crippen LogP contribution in [0.5, 0.6) is 11.5 Å². The molecule has 0 saturated carbocycles. The summed E-state index contributed by atoms with van der Waals surface area (Å²) in [6, 6.07) is 9.53. The fraction of sp³-hybridized carbons (Fsp3) is 0.375. The zero-order valence-electron chi connectivity index (χ0n) is 12.3. The molecule has 0 aliphatic rings. The van der Waals surface area contributed by atoms with Crippen molar-refractivity contribution >= 4 is 15.9 Å². The van der Waals surface area contributed by atoms with Gasteiger partial charge in [-0.1, -0.05) is 6.92 Å². The number of rotatable bonds is 8. The third kappa shape index (κ3) is 4.79. The van der Waals surface area contributed by atoms with Gasteiger partial charge in [0.1, 0.15) is 29.6 Å². The van der Waals surface area contributed by atoms with Gasteiger partial charge in [-0.05, 0) is 59.2 Å². The summed E-state index contributed by atoms with van der Waals surface area (Å²) in [4.78, 5) is 0. The SMILES string of the molecule is CCCNCc1ccc(COc2ccc(OC)cc2Br)o1. The van der Waals surface area contributed by atoms with Crippen LogP contribution in [-0.4, -0.2) is 13.7 Å². The fourth-order valence-corrected chi connectivity index (χ4v) is 2.33. The van der Waals surface area contributed by atoms with Crippen LogP contribution in [0, 0.1) is 0 Å². The lowest BCUT2D eigenvalue weighted by Crippen LogP contribution is -2.13. The van der Waals surface area contributed by atoms with Gasteiger partial charge in [0.2, 0.25) is 0 Å². The van der Waals surface area contributed by atoms with E-state index in [0.29, 0.717) is 6.61 Å². The summed E-state index contributed by atoms with van der Waals surface area (Å²) in [5, 5.41) is 3.30. The van der Waals surface area contributed by atoms with Crippen LogP contribution in [-0.2, 0) is 13.2 Å². The molecule has 2 rings (SSSR count). The second-order valence-corrected chi connectivity index (χ2v) is 5.48. The molecule has 4 nitrogen and oxygen atoms in total. The smallest absolute Gasteiger partial charge is 0.146 e. The summed E-state index contributed by atoms with van der Waals surface area (Å²) in [6.45, 7) is 4.28. The van der Waals surface area contributed by atoms with Crippen LogP contribution in [0.15, 0.2) is 39.2 Å². The highest BCUT2D eigenvalue weighted by atomic mass is 79.9. The average Bonchev–Trinajstić information content (AvgIpc) is 2.94. The summed E-state index contributed by atoms with van der Waals surface area (Å²) in [6.07, 6.45) is 1.11. The van der Waals surface area contributed by atoms with Crippen LogP contribution in [0.1, 0.15) is 24.9 Å². The lowest BCUT2D eigenvalue weighted by molar-refractivity contribution is 0.263. The molecule has 0 fully saturated rings. The van der Waals surface area contributed by atoms with Crippen LogP contribution in [0.2, 0.25) is 0 Å². The van der Waals surface area contributed by atoms with Crippen LogP contribution in [0.4, 0.5) is 0 Å². The minimum atomic E-state index is 0.401. The highest BCUT2D eigenvalue weighted by molar-refractivity contribution is 9.10. The van der Waals surface area contributed by atoms with Crippen molar-refractivity contribution in [3.63, 3.8) is 0 Å². The van der Waals surface area contributed by atoms with Gasteiger partial charge in [0.05, 0.1) is 18.1 Å². The quantitative estimate of drug-likeness (QED) is 0.724. The minimum Gasteiger partial charge on any atom is -0.497 e. The molecule has 1 heterocycles. The first-order valence-corrected chi connectivity index (χ1v) is 7.77. The molecule has 0 saturated heterocycles. The van der Waals surface area contributed by atoms with Gasteiger partial charge >= 0.3 is 0 Å². The van der Waals surface area contributed by atoms with E-state index in [0.717, 1.165) is 47.0 Å². The van der Waals surface area contributed by atoms with E-state index >= 15 is 0 Å². The highest BCUT2D eigenvalue weighted by Gasteiger charge is 2.06. The summed E-state index contributed by atoms with van der Waals surface area (Å²) >= 11 is 3.46. The largest absolute Gasteiger partial charge is 0.497 e. The lowest BCUT2D eigenvalue weighted by atomic mass is 10.3. The maximum atomic E-state index is 5.74. The number of nitrogens with one attached hydrogen (secondary N) is 1. The van der Waals surface area contributed by atoms with Crippen molar-refractivity contribution in [2.24, 2.45) is 0 Å². The molecule has 0 radical (unpaired) electrons. The van der Waals surface area contributed by atoms with E-state index in [2.05, 4.69) is 28.2 Å². The van der Waals surface area contributed by atoms with Gasteiger partial charge in [-0.2, -0.15) is 0 Å². The molecule has 5 heteroatoms. The van der Waals surface area contributed by atoms with Crippen LogP contribution in [0.3, 0.4) is 0 Å². The number of ether oxygens (including phenoxy) is 2. The maximum absolute atomic E-state index is 5.74. The zero-order chi connectivity index (χ0) is 15.1. The molecule has 2 aromatic rings. The summed E-state index contributed by atoms with van der Waals surface area (Å²) in [5.74, 6) is 3.29. The molecule has 0 amide bonds. The van der Waals surface area contributed by atoms with E-state index in [-0.39, 0.29) is 0 Å². The Morgan fingerprint density at radius 1 is 1.19 bits per heavy atom. The van der Waals surface area contributed by atoms with E-state index in [1.807, 2.05) is 30.3 Å². The Balaban J connectivity index is 1.88. The zero-order valence-corrected chi connectivity index (χ0v) is 13.9. The van der Waals surface area contributed by atoms with Crippen LogP contribution < -0.4 is 14.8 Å². The Kier molecular flexibility index (Phi) is 6.14. The predicted octanol–water partition coefficient (Wildman–Crippen LogP) is 4.13. The Labute approximate surface area is 133 Å². The van der Waals surface area contributed by atoms with Crippen molar-refractivity contribution in [2.75, 3.05) is 13.7 Å². The third-order valence-electron chi connectivity index (χ3n) is 2.95. The lowest BCUT2D eigenvalue weighted by Gasteiger charge is -2.08. The second-order valence-electron chi connectivity index (χ2n) is 4.63. The number of benzene rings is 1. The Morgan fingerprint density at radius 3 is 2.71 bits per heavy atom. The Hall–Kier alpha value is -1.46. The number of hydrogen-bond donors (Lipinski definition) is 1.